The van der Waals surface area contributed by atoms with Gasteiger partial charge in [-0.1, -0.05) is 36.9 Å². The quantitative estimate of drug-likeness (QED) is 0.599. The third-order valence-corrected chi connectivity index (χ3v) is 2.76. The fourth-order valence-electron chi connectivity index (χ4n) is 1.73. The summed E-state index contributed by atoms with van der Waals surface area (Å²) in [5.41, 5.74) is 1.94. The summed E-state index contributed by atoms with van der Waals surface area (Å²) in [5.74, 6) is 0. The number of rotatable bonds is 2. The van der Waals surface area contributed by atoms with E-state index in [0.717, 1.165) is 12.8 Å². The molecule has 0 amide bonds. The van der Waals surface area contributed by atoms with Crippen LogP contribution in [0.2, 0.25) is 0 Å². The first-order valence-electron chi connectivity index (χ1n) is 4.42. The van der Waals surface area contributed by atoms with Crippen molar-refractivity contribution in [2.45, 2.75) is 18.3 Å². The zero-order valence-corrected chi connectivity index (χ0v) is 7.46. The molecule has 0 radical (unpaired) electrons. The maximum Gasteiger partial charge on any atom is 0.168 e. The predicted octanol–water partition coefficient (Wildman–Crippen LogP) is 3.15. The minimum absolute atomic E-state index is 0.00299. The number of benzene rings is 1. The minimum atomic E-state index is 0.00299. The van der Waals surface area contributed by atoms with Gasteiger partial charge in [0.1, 0.15) is 0 Å². The molecule has 1 saturated carbocycles. The van der Waals surface area contributed by atoms with Crippen molar-refractivity contribution in [3.63, 3.8) is 0 Å². The highest BCUT2D eigenvalue weighted by Gasteiger charge is 2.47. The van der Waals surface area contributed by atoms with E-state index in [1.165, 1.54) is 5.56 Å². The molecule has 1 heteroatoms. The van der Waals surface area contributed by atoms with Crippen molar-refractivity contribution in [2.75, 3.05) is 0 Å². The summed E-state index contributed by atoms with van der Waals surface area (Å²) in [4.78, 5) is 3.45. The topological polar surface area (TPSA) is 4.36 Å². The highest BCUT2D eigenvalue weighted by molar-refractivity contribution is 5.43. The van der Waals surface area contributed by atoms with Crippen molar-refractivity contribution in [3.8, 4) is 0 Å². The Hall–Kier alpha value is -1.55. The first-order valence-corrected chi connectivity index (χ1v) is 4.42. The molecule has 0 aromatic heterocycles. The Morgan fingerprint density at radius 1 is 1.31 bits per heavy atom. The van der Waals surface area contributed by atoms with Gasteiger partial charge in [0.2, 0.25) is 0 Å². The second-order valence-corrected chi connectivity index (χ2v) is 3.51. The van der Waals surface area contributed by atoms with Crippen molar-refractivity contribution in [1.29, 1.82) is 0 Å². The van der Waals surface area contributed by atoms with E-state index in [2.05, 4.69) is 23.6 Å². The second-order valence-electron chi connectivity index (χ2n) is 3.51. The molecule has 1 aromatic rings. The predicted molar refractivity (Wildman–Crippen MR) is 53.1 cm³/mol. The normalized spacial score (nSPS) is 17.5. The van der Waals surface area contributed by atoms with E-state index in [1.54, 1.807) is 0 Å². The van der Waals surface area contributed by atoms with Gasteiger partial charge >= 0.3 is 0 Å². The lowest BCUT2D eigenvalue weighted by Crippen LogP contribution is -2.06. The molecule has 0 heterocycles. The smallest absolute Gasteiger partial charge is 0.168 e. The lowest BCUT2D eigenvalue weighted by atomic mass is 9.93. The Balaban J connectivity index is 2.38. The number of hydrogen-bond acceptors (Lipinski definition) is 0. The molecular weight excluding hydrogens is 158 g/mol. The van der Waals surface area contributed by atoms with E-state index in [4.69, 9.17) is 6.57 Å². The SMILES string of the molecule is [C-]#[N+]C(=C)C1(c2ccccc2)CC1. The van der Waals surface area contributed by atoms with E-state index in [0.29, 0.717) is 5.70 Å². The van der Waals surface area contributed by atoms with E-state index in [1.807, 2.05) is 18.2 Å². The van der Waals surface area contributed by atoms with Crippen LogP contribution in [-0.4, -0.2) is 0 Å². The summed E-state index contributed by atoms with van der Waals surface area (Å²) >= 11 is 0. The Kier molecular flexibility index (Phi) is 1.70. The van der Waals surface area contributed by atoms with E-state index in [9.17, 15) is 0 Å². The monoisotopic (exact) mass is 169 g/mol. The molecule has 1 aliphatic rings. The van der Waals surface area contributed by atoms with Crippen molar-refractivity contribution in [1.82, 2.24) is 0 Å². The molecule has 1 fully saturated rings. The molecule has 1 nitrogen and oxygen atoms in total. The molecule has 0 saturated heterocycles. The Labute approximate surface area is 78.5 Å². The van der Waals surface area contributed by atoms with Crippen LogP contribution < -0.4 is 0 Å². The average molecular weight is 169 g/mol. The van der Waals surface area contributed by atoms with Crippen LogP contribution in [0.15, 0.2) is 42.6 Å². The molecule has 0 aliphatic heterocycles. The summed E-state index contributed by atoms with van der Waals surface area (Å²) in [5, 5.41) is 0. The Morgan fingerprint density at radius 2 is 1.92 bits per heavy atom. The fraction of sp³-hybridized carbons (Fsp3) is 0.250. The second kappa shape index (κ2) is 2.74. The molecule has 0 spiro atoms. The van der Waals surface area contributed by atoms with Gasteiger partial charge in [0.15, 0.2) is 5.70 Å². The fourth-order valence-corrected chi connectivity index (χ4v) is 1.73. The summed E-state index contributed by atoms with van der Waals surface area (Å²) in [6, 6.07) is 10.2. The van der Waals surface area contributed by atoms with Gasteiger partial charge < -0.3 is 0 Å². The van der Waals surface area contributed by atoms with Crippen molar-refractivity contribution in [2.24, 2.45) is 0 Å². The van der Waals surface area contributed by atoms with Gasteiger partial charge in [-0.25, -0.2) is 4.85 Å². The lowest BCUT2D eigenvalue weighted by molar-refractivity contribution is 0.849. The molecular formula is C12H11N. The molecule has 0 atom stereocenters. The van der Waals surface area contributed by atoms with Crippen LogP contribution in [0.5, 0.6) is 0 Å². The summed E-state index contributed by atoms with van der Waals surface area (Å²) in [6.45, 7) is 10.8. The standard InChI is InChI=1S/C12H11N/c1-10(13-2)12(8-9-12)11-6-4-3-5-7-11/h3-7H,1,8-9H2. The average Bonchev–Trinajstić information content (AvgIpc) is 2.99. The Morgan fingerprint density at radius 3 is 2.38 bits per heavy atom. The van der Waals surface area contributed by atoms with Crippen LogP contribution in [0.25, 0.3) is 4.85 Å². The van der Waals surface area contributed by atoms with Crippen molar-refractivity contribution < 1.29 is 0 Å². The lowest BCUT2D eigenvalue weighted by Gasteiger charge is -2.12. The van der Waals surface area contributed by atoms with Gasteiger partial charge in [-0.15, -0.1) is 0 Å². The third kappa shape index (κ3) is 1.15. The molecule has 0 unspecified atom stereocenters. The van der Waals surface area contributed by atoms with E-state index >= 15 is 0 Å². The summed E-state index contributed by atoms with van der Waals surface area (Å²) < 4.78 is 0. The van der Waals surface area contributed by atoms with Gasteiger partial charge in [0.25, 0.3) is 0 Å². The zero-order chi connectivity index (χ0) is 9.31. The largest absolute Gasteiger partial charge is 0.242 e. The van der Waals surface area contributed by atoms with Gasteiger partial charge in [0, 0.05) is 5.41 Å². The van der Waals surface area contributed by atoms with Crippen LogP contribution in [0.4, 0.5) is 0 Å². The number of nitrogens with zero attached hydrogens (tertiary/aromatic N) is 1. The third-order valence-electron chi connectivity index (χ3n) is 2.76. The van der Waals surface area contributed by atoms with E-state index < -0.39 is 0 Å². The van der Waals surface area contributed by atoms with Crippen LogP contribution >= 0.6 is 0 Å². The van der Waals surface area contributed by atoms with Gasteiger partial charge in [-0.05, 0) is 18.4 Å². The minimum Gasteiger partial charge on any atom is -0.242 e. The van der Waals surface area contributed by atoms with Crippen LogP contribution in [0.1, 0.15) is 18.4 Å². The molecule has 13 heavy (non-hydrogen) atoms. The van der Waals surface area contributed by atoms with Crippen molar-refractivity contribution in [3.05, 3.63) is 59.6 Å². The zero-order valence-electron chi connectivity index (χ0n) is 7.46. The highest BCUT2D eigenvalue weighted by atomic mass is 14.7. The highest BCUT2D eigenvalue weighted by Crippen LogP contribution is 2.53. The van der Waals surface area contributed by atoms with Gasteiger partial charge in [0.05, 0.1) is 6.57 Å². The van der Waals surface area contributed by atoms with Crippen LogP contribution in [0, 0.1) is 6.57 Å². The number of allylic oxidation sites excluding steroid dienone is 1. The molecule has 0 N–H and O–H groups in total. The first-order chi connectivity index (χ1) is 6.29. The molecule has 2 rings (SSSR count). The van der Waals surface area contributed by atoms with Gasteiger partial charge in [-0.2, -0.15) is 0 Å². The molecule has 64 valence electrons. The maximum atomic E-state index is 6.98. The first kappa shape index (κ1) is 8.07. The molecule has 1 aliphatic carbocycles. The van der Waals surface area contributed by atoms with Crippen molar-refractivity contribution >= 4 is 0 Å². The molecule has 0 bridgehead atoms. The summed E-state index contributed by atoms with van der Waals surface area (Å²) in [6.07, 6.45) is 2.16. The van der Waals surface area contributed by atoms with E-state index in [-0.39, 0.29) is 5.41 Å². The Bertz CT molecular complexity index is 366. The molecule has 1 aromatic carbocycles. The van der Waals surface area contributed by atoms with Crippen LogP contribution in [-0.2, 0) is 5.41 Å². The van der Waals surface area contributed by atoms with Crippen LogP contribution in [0.3, 0.4) is 0 Å². The maximum absolute atomic E-state index is 6.98. The summed E-state index contributed by atoms with van der Waals surface area (Å²) in [7, 11) is 0. The number of hydrogen-bond donors (Lipinski definition) is 0. The van der Waals surface area contributed by atoms with Gasteiger partial charge in [-0.3, -0.25) is 0 Å².